The SMILES string of the molecule is CCCCCCCCCCCCCCCCCOCCOC(O)CCCCCCCCCCCCCCC. The highest BCUT2D eigenvalue weighted by Gasteiger charge is 2.04. The Morgan fingerprint density at radius 1 is 0.368 bits per heavy atom. The highest BCUT2D eigenvalue weighted by molar-refractivity contribution is 4.52. The van der Waals surface area contributed by atoms with Gasteiger partial charge in [0, 0.05) is 6.61 Å². The minimum absolute atomic E-state index is 0.512. The Bertz CT molecular complexity index is 401. The van der Waals surface area contributed by atoms with Gasteiger partial charge in [-0.15, -0.1) is 0 Å². The van der Waals surface area contributed by atoms with Crippen molar-refractivity contribution in [2.75, 3.05) is 19.8 Å². The minimum atomic E-state index is -0.614. The number of aliphatic hydroxyl groups is 1. The van der Waals surface area contributed by atoms with E-state index in [1.165, 1.54) is 167 Å². The first kappa shape index (κ1) is 37.9. The molecule has 0 aromatic carbocycles. The van der Waals surface area contributed by atoms with Gasteiger partial charge in [-0.2, -0.15) is 0 Å². The molecule has 0 aromatic rings. The van der Waals surface area contributed by atoms with Gasteiger partial charge >= 0.3 is 0 Å². The van der Waals surface area contributed by atoms with Crippen LogP contribution in [0.4, 0.5) is 0 Å². The molecule has 0 rings (SSSR count). The van der Waals surface area contributed by atoms with Crippen LogP contribution in [0.15, 0.2) is 0 Å². The van der Waals surface area contributed by atoms with Gasteiger partial charge in [0.25, 0.3) is 0 Å². The fourth-order valence-corrected chi connectivity index (χ4v) is 5.34. The van der Waals surface area contributed by atoms with Gasteiger partial charge < -0.3 is 14.6 Å². The van der Waals surface area contributed by atoms with E-state index >= 15 is 0 Å². The number of unbranched alkanes of at least 4 members (excludes halogenated alkanes) is 26. The molecule has 230 valence electrons. The second-order valence-corrected chi connectivity index (χ2v) is 11.9. The zero-order valence-electron chi connectivity index (χ0n) is 26.5. The number of hydrogen-bond donors (Lipinski definition) is 1. The molecule has 3 nitrogen and oxygen atoms in total. The molecule has 0 radical (unpaired) electrons. The van der Waals surface area contributed by atoms with Crippen molar-refractivity contribution in [3.63, 3.8) is 0 Å². The van der Waals surface area contributed by atoms with Crippen LogP contribution in [-0.4, -0.2) is 31.2 Å². The highest BCUT2D eigenvalue weighted by Crippen LogP contribution is 2.15. The second-order valence-electron chi connectivity index (χ2n) is 11.9. The van der Waals surface area contributed by atoms with Crippen LogP contribution >= 0.6 is 0 Å². The van der Waals surface area contributed by atoms with Crippen molar-refractivity contribution in [3.8, 4) is 0 Å². The first-order chi connectivity index (χ1) is 18.8. The summed E-state index contributed by atoms with van der Waals surface area (Å²) in [5.74, 6) is 0. The maximum absolute atomic E-state index is 9.99. The Morgan fingerprint density at radius 2 is 0.684 bits per heavy atom. The molecule has 1 atom stereocenters. The monoisotopic (exact) mass is 541 g/mol. The lowest BCUT2D eigenvalue weighted by Gasteiger charge is -2.12. The molecule has 0 aliphatic rings. The Hall–Kier alpha value is -0.120. The lowest BCUT2D eigenvalue weighted by atomic mass is 10.0. The van der Waals surface area contributed by atoms with Gasteiger partial charge in [-0.05, 0) is 19.3 Å². The van der Waals surface area contributed by atoms with Gasteiger partial charge in [0.1, 0.15) is 0 Å². The van der Waals surface area contributed by atoms with Crippen molar-refractivity contribution in [1.82, 2.24) is 0 Å². The van der Waals surface area contributed by atoms with Crippen LogP contribution in [0.5, 0.6) is 0 Å². The van der Waals surface area contributed by atoms with E-state index in [-0.39, 0.29) is 0 Å². The fraction of sp³-hybridized carbons (Fsp3) is 1.00. The molecule has 0 saturated carbocycles. The molecule has 0 aromatic heterocycles. The fourth-order valence-electron chi connectivity index (χ4n) is 5.34. The van der Waals surface area contributed by atoms with E-state index in [2.05, 4.69) is 13.8 Å². The summed E-state index contributed by atoms with van der Waals surface area (Å²) in [4.78, 5) is 0. The van der Waals surface area contributed by atoms with Crippen LogP contribution in [-0.2, 0) is 9.47 Å². The first-order valence-corrected chi connectivity index (χ1v) is 17.7. The zero-order valence-corrected chi connectivity index (χ0v) is 26.5. The quantitative estimate of drug-likeness (QED) is 0.0651. The standard InChI is InChI=1S/C35H72O3/c1-3-5-7-9-11-13-15-17-18-20-22-24-26-28-30-32-37-33-34-38-35(36)31-29-27-25-23-21-19-16-14-12-10-8-6-4-2/h35-36H,3-34H2,1-2H3. The molecule has 0 saturated heterocycles. The van der Waals surface area contributed by atoms with E-state index in [1.807, 2.05) is 0 Å². The number of ether oxygens (including phenoxy) is 2. The zero-order chi connectivity index (χ0) is 27.6. The lowest BCUT2D eigenvalue weighted by molar-refractivity contribution is -0.116. The predicted molar refractivity (Wildman–Crippen MR) is 168 cm³/mol. The molecule has 0 bridgehead atoms. The van der Waals surface area contributed by atoms with Crippen molar-refractivity contribution in [2.24, 2.45) is 0 Å². The van der Waals surface area contributed by atoms with Gasteiger partial charge in [-0.25, -0.2) is 0 Å². The van der Waals surface area contributed by atoms with E-state index in [9.17, 15) is 5.11 Å². The summed E-state index contributed by atoms with van der Waals surface area (Å²) in [5.41, 5.74) is 0. The number of aliphatic hydroxyl groups excluding tert-OH is 1. The smallest absolute Gasteiger partial charge is 0.154 e. The van der Waals surface area contributed by atoms with Gasteiger partial charge in [0.05, 0.1) is 13.2 Å². The van der Waals surface area contributed by atoms with Crippen LogP contribution in [0.1, 0.15) is 200 Å². The Labute approximate surface area is 240 Å². The molecular weight excluding hydrogens is 468 g/mol. The molecule has 0 aliphatic carbocycles. The molecule has 0 fully saturated rings. The van der Waals surface area contributed by atoms with E-state index in [4.69, 9.17) is 9.47 Å². The van der Waals surface area contributed by atoms with Crippen molar-refractivity contribution in [3.05, 3.63) is 0 Å². The normalized spacial score (nSPS) is 12.4. The molecule has 0 spiro atoms. The van der Waals surface area contributed by atoms with E-state index in [0.717, 1.165) is 25.9 Å². The molecule has 1 N–H and O–H groups in total. The Balaban J connectivity index is 3.13. The van der Waals surface area contributed by atoms with Gasteiger partial charge in [-0.1, -0.05) is 181 Å². The molecular formula is C35H72O3. The predicted octanol–water partition coefficient (Wildman–Crippen LogP) is 11.7. The highest BCUT2D eigenvalue weighted by atomic mass is 16.6. The second kappa shape index (κ2) is 34.9. The number of hydrogen-bond acceptors (Lipinski definition) is 3. The molecule has 3 heteroatoms. The third-order valence-corrected chi connectivity index (χ3v) is 7.98. The maximum atomic E-state index is 9.99. The Morgan fingerprint density at radius 3 is 1.05 bits per heavy atom. The first-order valence-electron chi connectivity index (χ1n) is 17.7. The van der Waals surface area contributed by atoms with Gasteiger partial charge in [-0.3, -0.25) is 0 Å². The Kier molecular flexibility index (Phi) is 34.8. The molecule has 38 heavy (non-hydrogen) atoms. The summed E-state index contributed by atoms with van der Waals surface area (Å²) in [6.07, 6.45) is 38.6. The van der Waals surface area contributed by atoms with Gasteiger partial charge in [0.15, 0.2) is 6.29 Å². The van der Waals surface area contributed by atoms with Crippen LogP contribution < -0.4 is 0 Å². The van der Waals surface area contributed by atoms with Gasteiger partial charge in [0.2, 0.25) is 0 Å². The van der Waals surface area contributed by atoms with E-state index < -0.39 is 6.29 Å². The average Bonchev–Trinajstić information content (AvgIpc) is 2.92. The molecule has 0 aliphatic heterocycles. The summed E-state index contributed by atoms with van der Waals surface area (Å²) >= 11 is 0. The van der Waals surface area contributed by atoms with E-state index in [1.54, 1.807) is 0 Å². The molecule has 0 amide bonds. The van der Waals surface area contributed by atoms with Crippen molar-refractivity contribution >= 4 is 0 Å². The average molecular weight is 541 g/mol. The van der Waals surface area contributed by atoms with E-state index in [0.29, 0.717) is 13.2 Å². The maximum Gasteiger partial charge on any atom is 0.154 e. The summed E-state index contributed by atoms with van der Waals surface area (Å²) in [6, 6.07) is 0. The largest absolute Gasteiger partial charge is 0.379 e. The lowest BCUT2D eigenvalue weighted by Crippen LogP contribution is -2.15. The summed E-state index contributed by atoms with van der Waals surface area (Å²) in [6.45, 7) is 6.52. The molecule has 1 unspecified atom stereocenters. The summed E-state index contributed by atoms with van der Waals surface area (Å²) in [7, 11) is 0. The van der Waals surface area contributed by atoms with Crippen LogP contribution in [0.3, 0.4) is 0 Å². The third-order valence-electron chi connectivity index (χ3n) is 7.98. The van der Waals surface area contributed by atoms with Crippen LogP contribution in [0, 0.1) is 0 Å². The minimum Gasteiger partial charge on any atom is -0.379 e. The van der Waals surface area contributed by atoms with Crippen molar-refractivity contribution < 1.29 is 14.6 Å². The molecule has 0 heterocycles. The third kappa shape index (κ3) is 33.9. The topological polar surface area (TPSA) is 38.7 Å². The summed E-state index contributed by atoms with van der Waals surface area (Å²) < 4.78 is 11.2. The van der Waals surface area contributed by atoms with Crippen molar-refractivity contribution in [1.29, 1.82) is 0 Å². The number of rotatable bonds is 34. The van der Waals surface area contributed by atoms with Crippen LogP contribution in [0.25, 0.3) is 0 Å². The van der Waals surface area contributed by atoms with Crippen molar-refractivity contribution in [2.45, 2.75) is 206 Å². The summed E-state index contributed by atoms with van der Waals surface area (Å²) in [5, 5.41) is 9.99. The van der Waals surface area contributed by atoms with Crippen LogP contribution in [0.2, 0.25) is 0 Å².